The number of carbonyl (C=O) groups is 1. The second-order valence-corrected chi connectivity index (χ2v) is 11.1. The largest absolute Gasteiger partial charge is 0.493 e. The number of rotatable bonds is 10. The van der Waals surface area contributed by atoms with Crippen LogP contribution in [0.25, 0.3) is 0 Å². The number of anilines is 1. The van der Waals surface area contributed by atoms with Gasteiger partial charge in [-0.15, -0.1) is 0 Å². The van der Waals surface area contributed by atoms with E-state index in [-0.39, 0.29) is 5.91 Å². The summed E-state index contributed by atoms with van der Waals surface area (Å²) >= 11 is 7.93. The van der Waals surface area contributed by atoms with Crippen molar-refractivity contribution in [3.63, 3.8) is 0 Å². The van der Waals surface area contributed by atoms with Gasteiger partial charge >= 0.3 is 0 Å². The molecule has 2 aliphatic rings. The van der Waals surface area contributed by atoms with Crippen molar-refractivity contribution in [1.29, 1.82) is 0 Å². The monoisotopic (exact) mass is 567 g/mol. The first-order valence-electron chi connectivity index (χ1n) is 13.3. The van der Waals surface area contributed by atoms with E-state index >= 15 is 0 Å². The molecule has 2 aliphatic heterocycles. The molecule has 0 bridgehead atoms. The maximum atomic E-state index is 12.7. The fourth-order valence-electron chi connectivity index (χ4n) is 5.08. The summed E-state index contributed by atoms with van der Waals surface area (Å²) in [7, 11) is 3.30. The predicted octanol–water partition coefficient (Wildman–Crippen LogP) is 4.83. The average molecular weight is 568 g/mol. The SMILES string of the molecule is COc1cc2c(cc1OC)CN(c1cc(Cl)nc(SCc3cccc(C(=O)NCCN4CCCC4)c3)n1)CC2. The maximum Gasteiger partial charge on any atom is 0.251 e. The van der Waals surface area contributed by atoms with E-state index in [1.54, 1.807) is 14.2 Å². The highest BCUT2D eigenvalue weighted by Crippen LogP contribution is 2.35. The van der Waals surface area contributed by atoms with Gasteiger partial charge in [0.05, 0.1) is 14.2 Å². The van der Waals surface area contributed by atoms with Crippen molar-refractivity contribution in [2.45, 2.75) is 36.7 Å². The first kappa shape index (κ1) is 27.6. The Bertz CT molecular complexity index is 1320. The summed E-state index contributed by atoms with van der Waals surface area (Å²) in [5, 5.41) is 4.07. The van der Waals surface area contributed by atoms with Gasteiger partial charge in [0.25, 0.3) is 5.91 Å². The van der Waals surface area contributed by atoms with E-state index in [9.17, 15) is 4.79 Å². The number of nitrogens with zero attached hydrogens (tertiary/aromatic N) is 4. The molecule has 0 radical (unpaired) electrons. The third kappa shape index (κ3) is 6.96. The molecule has 39 heavy (non-hydrogen) atoms. The molecule has 3 aromatic rings. The van der Waals surface area contributed by atoms with Crippen molar-refractivity contribution in [3.05, 3.63) is 69.9 Å². The zero-order chi connectivity index (χ0) is 27.2. The molecule has 10 heteroatoms. The van der Waals surface area contributed by atoms with Gasteiger partial charge in [-0.1, -0.05) is 35.5 Å². The Morgan fingerprint density at radius 3 is 2.56 bits per heavy atom. The van der Waals surface area contributed by atoms with Gasteiger partial charge in [-0.2, -0.15) is 0 Å². The minimum Gasteiger partial charge on any atom is -0.493 e. The molecule has 0 aliphatic carbocycles. The number of ether oxygens (including phenoxy) is 2. The van der Waals surface area contributed by atoms with Crippen molar-refractivity contribution in [2.75, 3.05) is 51.8 Å². The normalized spacial score (nSPS) is 15.2. The Morgan fingerprint density at radius 1 is 1.03 bits per heavy atom. The minimum atomic E-state index is -0.0398. The number of benzene rings is 2. The highest BCUT2D eigenvalue weighted by Gasteiger charge is 2.21. The second-order valence-electron chi connectivity index (χ2n) is 9.77. The van der Waals surface area contributed by atoms with Crippen LogP contribution in [0.15, 0.2) is 47.6 Å². The fourth-order valence-corrected chi connectivity index (χ4v) is 6.10. The Morgan fingerprint density at radius 2 is 1.79 bits per heavy atom. The van der Waals surface area contributed by atoms with Crippen LogP contribution < -0.4 is 19.7 Å². The van der Waals surface area contributed by atoms with E-state index in [1.807, 2.05) is 36.4 Å². The van der Waals surface area contributed by atoms with Gasteiger partial charge in [0.2, 0.25) is 0 Å². The molecular formula is C29H34ClN5O3S. The Labute approximate surface area is 239 Å². The van der Waals surface area contributed by atoms with Gasteiger partial charge in [0, 0.05) is 43.6 Å². The maximum absolute atomic E-state index is 12.7. The van der Waals surface area contributed by atoms with Crippen LogP contribution in [0.1, 0.15) is 39.9 Å². The summed E-state index contributed by atoms with van der Waals surface area (Å²) in [5.74, 6) is 2.86. The summed E-state index contributed by atoms with van der Waals surface area (Å²) in [6.45, 7) is 5.34. The quantitative estimate of drug-likeness (QED) is 0.212. The summed E-state index contributed by atoms with van der Waals surface area (Å²) < 4.78 is 11.0. The van der Waals surface area contributed by atoms with Crippen molar-refractivity contribution in [2.24, 2.45) is 0 Å². The fraction of sp³-hybridized carbons (Fsp3) is 0.414. The molecular weight excluding hydrogens is 534 g/mol. The zero-order valence-electron chi connectivity index (χ0n) is 22.4. The average Bonchev–Trinajstić information content (AvgIpc) is 3.48. The first-order chi connectivity index (χ1) is 19.0. The number of likely N-dealkylation sites (tertiary alicyclic amines) is 1. The molecule has 1 fully saturated rings. The van der Waals surface area contributed by atoms with Crippen molar-refractivity contribution in [1.82, 2.24) is 20.2 Å². The molecule has 1 saturated heterocycles. The van der Waals surface area contributed by atoms with Gasteiger partial charge in [0.1, 0.15) is 11.0 Å². The molecule has 0 spiro atoms. The third-order valence-electron chi connectivity index (χ3n) is 7.17. The number of amides is 1. The molecule has 206 valence electrons. The second kappa shape index (κ2) is 12.9. The lowest BCUT2D eigenvalue weighted by atomic mass is 9.99. The van der Waals surface area contributed by atoms with E-state index in [0.717, 1.165) is 55.5 Å². The zero-order valence-corrected chi connectivity index (χ0v) is 24.0. The summed E-state index contributed by atoms with van der Waals surface area (Å²) in [6.07, 6.45) is 3.37. The smallest absolute Gasteiger partial charge is 0.251 e. The van der Waals surface area contributed by atoms with E-state index < -0.39 is 0 Å². The Kier molecular flexibility index (Phi) is 9.11. The standard InChI is InChI=1S/C29H34ClN5O3S/c1-37-24-15-21-8-12-35(18-23(21)16-25(24)38-2)27-17-26(30)32-29(33-27)39-19-20-6-5-7-22(14-20)28(36)31-9-13-34-10-3-4-11-34/h5-7,14-17H,3-4,8-13,18-19H2,1-2H3,(H,31,36). The lowest BCUT2D eigenvalue weighted by Crippen LogP contribution is -2.33. The number of methoxy groups -OCH3 is 2. The molecule has 8 nitrogen and oxygen atoms in total. The molecule has 0 unspecified atom stereocenters. The van der Waals surface area contributed by atoms with E-state index in [2.05, 4.69) is 26.2 Å². The van der Waals surface area contributed by atoms with Gasteiger partial charge in [0.15, 0.2) is 16.7 Å². The number of hydrogen-bond acceptors (Lipinski definition) is 8. The van der Waals surface area contributed by atoms with Crippen molar-refractivity contribution in [3.8, 4) is 11.5 Å². The van der Waals surface area contributed by atoms with Crippen LogP contribution in [-0.4, -0.2) is 67.7 Å². The minimum absolute atomic E-state index is 0.0398. The van der Waals surface area contributed by atoms with Crippen LogP contribution in [0.3, 0.4) is 0 Å². The third-order valence-corrected chi connectivity index (χ3v) is 8.28. The van der Waals surface area contributed by atoms with E-state index in [4.69, 9.17) is 26.1 Å². The van der Waals surface area contributed by atoms with Crippen LogP contribution in [0, 0.1) is 0 Å². The number of thioether (sulfide) groups is 1. The molecule has 0 atom stereocenters. The van der Waals surface area contributed by atoms with Gasteiger partial charge < -0.3 is 24.6 Å². The molecule has 5 rings (SSSR count). The predicted molar refractivity (Wildman–Crippen MR) is 155 cm³/mol. The summed E-state index contributed by atoms with van der Waals surface area (Å²) in [5.41, 5.74) is 4.13. The topological polar surface area (TPSA) is 79.8 Å². The van der Waals surface area contributed by atoms with Gasteiger partial charge in [-0.25, -0.2) is 9.97 Å². The van der Waals surface area contributed by atoms with E-state index in [1.165, 1.54) is 35.7 Å². The molecule has 3 heterocycles. The van der Waals surface area contributed by atoms with Crippen LogP contribution in [0.2, 0.25) is 5.15 Å². The number of fused-ring (bicyclic) bond motifs is 1. The van der Waals surface area contributed by atoms with Crippen LogP contribution in [-0.2, 0) is 18.7 Å². The first-order valence-corrected chi connectivity index (χ1v) is 14.6. The lowest BCUT2D eigenvalue weighted by molar-refractivity contribution is 0.0949. The number of aromatic nitrogens is 2. The molecule has 1 amide bonds. The molecule has 2 aromatic carbocycles. The Hall–Kier alpha value is -3.01. The molecule has 0 saturated carbocycles. The van der Waals surface area contributed by atoms with Crippen LogP contribution in [0.5, 0.6) is 11.5 Å². The van der Waals surface area contributed by atoms with Crippen LogP contribution in [0.4, 0.5) is 5.82 Å². The lowest BCUT2D eigenvalue weighted by Gasteiger charge is -2.30. The molecule has 1 aromatic heterocycles. The highest BCUT2D eigenvalue weighted by atomic mass is 35.5. The summed E-state index contributed by atoms with van der Waals surface area (Å²) in [4.78, 5) is 26.5. The Balaban J connectivity index is 1.21. The van der Waals surface area contributed by atoms with Crippen molar-refractivity contribution < 1.29 is 14.3 Å². The molecule has 1 N–H and O–H groups in total. The highest BCUT2D eigenvalue weighted by molar-refractivity contribution is 7.98. The van der Waals surface area contributed by atoms with E-state index in [0.29, 0.717) is 34.7 Å². The number of halogens is 1. The number of hydrogen-bond donors (Lipinski definition) is 1. The number of nitrogens with one attached hydrogen (secondary N) is 1. The van der Waals surface area contributed by atoms with Gasteiger partial charge in [-0.3, -0.25) is 4.79 Å². The van der Waals surface area contributed by atoms with Crippen molar-refractivity contribution >= 4 is 35.1 Å². The summed E-state index contributed by atoms with van der Waals surface area (Å²) in [6, 6.07) is 13.6. The number of carbonyl (C=O) groups excluding carboxylic acids is 1. The van der Waals surface area contributed by atoms with Crippen LogP contribution >= 0.6 is 23.4 Å². The van der Waals surface area contributed by atoms with Gasteiger partial charge in [-0.05, 0) is 73.3 Å².